The van der Waals surface area contributed by atoms with Crippen LogP contribution in [0.1, 0.15) is 15.9 Å². The first-order valence-electron chi connectivity index (χ1n) is 7.54. The zero-order valence-electron chi connectivity index (χ0n) is 13.9. The third-order valence-electron chi connectivity index (χ3n) is 3.65. The van der Waals surface area contributed by atoms with Crippen LogP contribution in [-0.2, 0) is 5.75 Å². The van der Waals surface area contributed by atoms with Gasteiger partial charge in [-0.25, -0.2) is 4.98 Å². The van der Waals surface area contributed by atoms with Crippen LogP contribution in [0.2, 0.25) is 0 Å². The lowest BCUT2D eigenvalue weighted by molar-refractivity contribution is 0.0827. The van der Waals surface area contributed by atoms with Gasteiger partial charge in [-0.15, -0.1) is 0 Å². The highest BCUT2D eigenvalue weighted by atomic mass is 32.2. The van der Waals surface area contributed by atoms with Gasteiger partial charge < -0.3 is 14.6 Å². The van der Waals surface area contributed by atoms with E-state index in [1.807, 2.05) is 42.5 Å². The van der Waals surface area contributed by atoms with Gasteiger partial charge in [0.1, 0.15) is 5.75 Å². The second kappa shape index (κ2) is 6.97. The fourth-order valence-corrected chi connectivity index (χ4v) is 3.15. The highest BCUT2D eigenvalue weighted by Crippen LogP contribution is 2.25. The SMILES string of the molecule is COc1ccc2nc(SCc3ccc(C(=O)N(C)C)cc3)[nH]c2c1. The Morgan fingerprint density at radius 3 is 2.62 bits per heavy atom. The minimum Gasteiger partial charge on any atom is -0.497 e. The number of hydrogen-bond acceptors (Lipinski definition) is 4. The van der Waals surface area contributed by atoms with Crippen LogP contribution in [0.5, 0.6) is 5.75 Å². The molecule has 1 N–H and O–H groups in total. The Labute approximate surface area is 145 Å². The summed E-state index contributed by atoms with van der Waals surface area (Å²) in [4.78, 5) is 21.3. The van der Waals surface area contributed by atoms with E-state index in [0.29, 0.717) is 5.56 Å². The van der Waals surface area contributed by atoms with Gasteiger partial charge in [-0.05, 0) is 29.8 Å². The molecule has 0 spiro atoms. The number of nitrogens with zero attached hydrogens (tertiary/aromatic N) is 2. The van der Waals surface area contributed by atoms with Gasteiger partial charge in [0.05, 0.1) is 18.1 Å². The molecule has 3 aromatic rings. The second-order valence-electron chi connectivity index (χ2n) is 5.61. The van der Waals surface area contributed by atoms with Gasteiger partial charge in [0, 0.05) is 31.5 Å². The van der Waals surface area contributed by atoms with Crippen molar-refractivity contribution < 1.29 is 9.53 Å². The number of aromatic nitrogens is 2. The predicted octanol–water partition coefficient (Wildman–Crippen LogP) is 3.57. The van der Waals surface area contributed by atoms with Gasteiger partial charge in [0.15, 0.2) is 5.16 Å². The average Bonchev–Trinajstić information content (AvgIpc) is 3.01. The van der Waals surface area contributed by atoms with Crippen molar-refractivity contribution in [1.82, 2.24) is 14.9 Å². The maximum Gasteiger partial charge on any atom is 0.253 e. The normalized spacial score (nSPS) is 10.8. The number of benzene rings is 2. The van der Waals surface area contributed by atoms with Crippen molar-refractivity contribution in [3.8, 4) is 5.75 Å². The number of amides is 1. The van der Waals surface area contributed by atoms with E-state index in [0.717, 1.165) is 33.3 Å². The number of aromatic amines is 1. The maximum absolute atomic E-state index is 11.9. The van der Waals surface area contributed by atoms with Crippen molar-refractivity contribution in [1.29, 1.82) is 0 Å². The monoisotopic (exact) mass is 341 g/mol. The minimum absolute atomic E-state index is 0.0143. The molecule has 0 aliphatic heterocycles. The van der Waals surface area contributed by atoms with Crippen molar-refractivity contribution in [2.75, 3.05) is 21.2 Å². The van der Waals surface area contributed by atoms with Crippen molar-refractivity contribution in [3.63, 3.8) is 0 Å². The molecule has 124 valence electrons. The van der Waals surface area contributed by atoms with E-state index in [9.17, 15) is 4.79 Å². The van der Waals surface area contributed by atoms with Crippen molar-refractivity contribution in [2.24, 2.45) is 0 Å². The van der Waals surface area contributed by atoms with E-state index in [2.05, 4.69) is 9.97 Å². The molecule has 0 unspecified atom stereocenters. The number of fused-ring (bicyclic) bond motifs is 1. The zero-order valence-corrected chi connectivity index (χ0v) is 14.7. The number of carbonyl (C=O) groups excluding carboxylic acids is 1. The Hall–Kier alpha value is -2.47. The van der Waals surface area contributed by atoms with Crippen molar-refractivity contribution in [2.45, 2.75) is 10.9 Å². The third kappa shape index (κ3) is 3.54. The molecule has 1 heterocycles. The summed E-state index contributed by atoms with van der Waals surface area (Å²) in [5.74, 6) is 1.61. The Bertz CT molecular complexity index is 856. The summed E-state index contributed by atoms with van der Waals surface area (Å²) in [6.07, 6.45) is 0. The van der Waals surface area contributed by atoms with Gasteiger partial charge >= 0.3 is 0 Å². The van der Waals surface area contributed by atoms with Crippen LogP contribution in [0.3, 0.4) is 0 Å². The molecular weight excluding hydrogens is 322 g/mol. The molecule has 0 aliphatic rings. The molecule has 0 bridgehead atoms. The first-order chi connectivity index (χ1) is 11.6. The number of hydrogen-bond donors (Lipinski definition) is 1. The first kappa shape index (κ1) is 16.4. The van der Waals surface area contributed by atoms with E-state index >= 15 is 0 Å². The number of carbonyl (C=O) groups is 1. The van der Waals surface area contributed by atoms with Crippen LogP contribution in [-0.4, -0.2) is 42.0 Å². The van der Waals surface area contributed by atoms with Gasteiger partial charge in [0.25, 0.3) is 5.91 Å². The van der Waals surface area contributed by atoms with Crippen molar-refractivity contribution in [3.05, 3.63) is 53.6 Å². The lowest BCUT2D eigenvalue weighted by Crippen LogP contribution is -2.21. The van der Waals surface area contributed by atoms with E-state index in [1.165, 1.54) is 0 Å². The first-order valence-corrected chi connectivity index (χ1v) is 8.52. The summed E-state index contributed by atoms with van der Waals surface area (Å²) < 4.78 is 5.22. The molecule has 3 rings (SSSR count). The van der Waals surface area contributed by atoms with Crippen LogP contribution in [0, 0.1) is 0 Å². The average molecular weight is 341 g/mol. The fraction of sp³-hybridized carbons (Fsp3) is 0.222. The second-order valence-corrected chi connectivity index (χ2v) is 6.57. The molecule has 1 amide bonds. The number of rotatable bonds is 5. The quantitative estimate of drug-likeness (QED) is 0.721. The largest absolute Gasteiger partial charge is 0.497 e. The topological polar surface area (TPSA) is 58.2 Å². The summed E-state index contributed by atoms with van der Waals surface area (Å²) in [5.41, 5.74) is 3.73. The van der Waals surface area contributed by atoms with Crippen LogP contribution in [0.15, 0.2) is 47.6 Å². The molecule has 1 aromatic heterocycles. The third-order valence-corrected chi connectivity index (χ3v) is 4.59. The van der Waals surface area contributed by atoms with Gasteiger partial charge in [-0.2, -0.15) is 0 Å². The molecule has 0 radical (unpaired) electrons. The number of thioether (sulfide) groups is 1. The Morgan fingerprint density at radius 1 is 1.21 bits per heavy atom. The van der Waals surface area contributed by atoms with Gasteiger partial charge in [0.2, 0.25) is 0 Å². The number of H-pyrrole nitrogens is 1. The summed E-state index contributed by atoms with van der Waals surface area (Å²) >= 11 is 1.63. The van der Waals surface area contributed by atoms with Crippen LogP contribution in [0.4, 0.5) is 0 Å². The number of ether oxygens (including phenoxy) is 1. The Kier molecular flexibility index (Phi) is 4.76. The molecule has 0 saturated heterocycles. The fourth-order valence-electron chi connectivity index (χ4n) is 2.31. The molecule has 0 atom stereocenters. The minimum atomic E-state index is 0.0143. The highest BCUT2D eigenvalue weighted by Gasteiger charge is 2.08. The molecular formula is C18H19N3O2S. The van der Waals surface area contributed by atoms with Crippen LogP contribution < -0.4 is 4.74 Å². The molecule has 0 fully saturated rings. The zero-order chi connectivity index (χ0) is 17.1. The van der Waals surface area contributed by atoms with E-state index < -0.39 is 0 Å². The number of imidazole rings is 1. The summed E-state index contributed by atoms with van der Waals surface area (Å²) in [7, 11) is 5.16. The van der Waals surface area contributed by atoms with Crippen LogP contribution in [0.25, 0.3) is 11.0 Å². The molecule has 2 aromatic carbocycles. The Morgan fingerprint density at radius 2 is 1.96 bits per heavy atom. The van der Waals surface area contributed by atoms with E-state index in [1.54, 1.807) is 37.9 Å². The molecule has 0 aliphatic carbocycles. The predicted molar refractivity (Wildman–Crippen MR) is 96.7 cm³/mol. The van der Waals surface area contributed by atoms with E-state index in [4.69, 9.17) is 4.74 Å². The Balaban J connectivity index is 1.68. The standard InChI is InChI=1S/C18H19N3O2S/c1-21(2)17(22)13-6-4-12(5-7-13)11-24-18-19-15-9-8-14(23-3)10-16(15)20-18/h4-10H,11H2,1-3H3,(H,19,20). The van der Waals surface area contributed by atoms with E-state index in [-0.39, 0.29) is 5.91 Å². The molecule has 24 heavy (non-hydrogen) atoms. The summed E-state index contributed by atoms with van der Waals surface area (Å²) in [5, 5.41) is 0.867. The highest BCUT2D eigenvalue weighted by molar-refractivity contribution is 7.98. The lowest BCUT2D eigenvalue weighted by Gasteiger charge is -2.10. The molecule has 6 heteroatoms. The van der Waals surface area contributed by atoms with Crippen molar-refractivity contribution >= 4 is 28.7 Å². The maximum atomic E-state index is 11.9. The smallest absolute Gasteiger partial charge is 0.253 e. The van der Waals surface area contributed by atoms with Crippen LogP contribution >= 0.6 is 11.8 Å². The number of nitrogens with one attached hydrogen (secondary N) is 1. The number of methoxy groups -OCH3 is 1. The lowest BCUT2D eigenvalue weighted by atomic mass is 10.1. The molecule has 0 saturated carbocycles. The summed E-state index contributed by atoms with van der Waals surface area (Å²) in [6.45, 7) is 0. The van der Waals surface area contributed by atoms with Gasteiger partial charge in [-0.3, -0.25) is 4.79 Å². The van der Waals surface area contributed by atoms with Gasteiger partial charge in [-0.1, -0.05) is 23.9 Å². The molecule has 5 nitrogen and oxygen atoms in total. The summed E-state index contributed by atoms with van der Waals surface area (Å²) in [6, 6.07) is 13.5.